The molecule has 23 heavy (non-hydrogen) atoms. The Kier molecular flexibility index (Phi) is 5.01. The van der Waals surface area contributed by atoms with Crippen molar-refractivity contribution in [2.24, 2.45) is 0 Å². The van der Waals surface area contributed by atoms with Gasteiger partial charge in [-0.15, -0.1) is 0 Å². The van der Waals surface area contributed by atoms with E-state index >= 15 is 0 Å². The van der Waals surface area contributed by atoms with Crippen LogP contribution in [0.15, 0.2) is 24.3 Å². The summed E-state index contributed by atoms with van der Waals surface area (Å²) in [5.41, 5.74) is 0.00298. The second kappa shape index (κ2) is 6.85. The number of hydrogen-bond acceptors (Lipinski definition) is 4. The van der Waals surface area contributed by atoms with Crippen LogP contribution in [0, 0.1) is 5.82 Å². The minimum absolute atomic E-state index is 0.184. The van der Waals surface area contributed by atoms with Gasteiger partial charge in [0.2, 0.25) is 0 Å². The van der Waals surface area contributed by atoms with Gasteiger partial charge in [-0.25, -0.2) is 4.39 Å². The van der Waals surface area contributed by atoms with E-state index < -0.39 is 5.60 Å². The van der Waals surface area contributed by atoms with E-state index in [2.05, 4.69) is 4.90 Å². The number of benzene rings is 1. The maximum Gasteiger partial charge on any atom is 0.123 e. The molecule has 5 heteroatoms. The third kappa shape index (κ3) is 4.10. The fourth-order valence-corrected chi connectivity index (χ4v) is 3.92. The Morgan fingerprint density at radius 2 is 2.09 bits per heavy atom. The molecule has 1 atom stereocenters. The van der Waals surface area contributed by atoms with Crippen LogP contribution in [0.2, 0.25) is 0 Å². The second-order valence-electron chi connectivity index (χ2n) is 7.02. The lowest BCUT2D eigenvalue weighted by Crippen LogP contribution is -2.55. The van der Waals surface area contributed by atoms with Gasteiger partial charge < -0.3 is 14.6 Å². The van der Waals surface area contributed by atoms with Crippen molar-refractivity contribution < 1.29 is 19.0 Å². The fourth-order valence-electron chi connectivity index (χ4n) is 3.92. The van der Waals surface area contributed by atoms with Gasteiger partial charge in [0, 0.05) is 39.6 Å². The van der Waals surface area contributed by atoms with Crippen molar-refractivity contribution in [1.82, 2.24) is 4.90 Å². The number of likely N-dealkylation sites (tertiary alicyclic amines) is 1. The maximum atomic E-state index is 13.3. The highest BCUT2D eigenvalue weighted by atomic mass is 19.1. The van der Waals surface area contributed by atoms with Crippen molar-refractivity contribution in [2.45, 2.75) is 43.4 Å². The zero-order valence-electron chi connectivity index (χ0n) is 13.8. The molecule has 0 radical (unpaired) electrons. The summed E-state index contributed by atoms with van der Waals surface area (Å²) in [6.07, 6.45) is 3.07. The second-order valence-corrected chi connectivity index (χ2v) is 7.02. The van der Waals surface area contributed by atoms with Crippen LogP contribution in [0.3, 0.4) is 0 Å². The minimum Gasteiger partial charge on any atom is -0.387 e. The smallest absolute Gasteiger partial charge is 0.123 e. The molecule has 1 unspecified atom stereocenters. The molecule has 128 valence electrons. The van der Waals surface area contributed by atoms with Crippen molar-refractivity contribution in [1.29, 1.82) is 0 Å². The van der Waals surface area contributed by atoms with Gasteiger partial charge in [0.25, 0.3) is 0 Å². The molecular formula is C18H26FNO3. The third-order valence-electron chi connectivity index (χ3n) is 5.10. The molecule has 0 amide bonds. The Morgan fingerprint density at radius 1 is 1.30 bits per heavy atom. The van der Waals surface area contributed by atoms with Gasteiger partial charge in [0.15, 0.2) is 0 Å². The zero-order chi connectivity index (χ0) is 16.3. The first-order valence-electron chi connectivity index (χ1n) is 8.35. The van der Waals surface area contributed by atoms with E-state index in [1.807, 2.05) is 6.07 Å². The number of halogens is 1. The van der Waals surface area contributed by atoms with E-state index in [1.54, 1.807) is 19.2 Å². The lowest BCUT2D eigenvalue weighted by molar-refractivity contribution is -0.191. The molecule has 2 saturated heterocycles. The van der Waals surface area contributed by atoms with Crippen molar-refractivity contribution in [2.75, 3.05) is 33.4 Å². The summed E-state index contributed by atoms with van der Waals surface area (Å²) < 4.78 is 24.5. The normalized spacial score (nSPS) is 28.1. The third-order valence-corrected chi connectivity index (χ3v) is 5.10. The molecule has 1 aromatic carbocycles. The Hall–Kier alpha value is -1.01. The summed E-state index contributed by atoms with van der Waals surface area (Å²) >= 11 is 0. The average molecular weight is 323 g/mol. The molecule has 0 aliphatic carbocycles. The molecule has 0 saturated carbocycles. The van der Waals surface area contributed by atoms with Crippen LogP contribution >= 0.6 is 0 Å². The van der Waals surface area contributed by atoms with E-state index in [0.29, 0.717) is 26.1 Å². The van der Waals surface area contributed by atoms with Crippen LogP contribution < -0.4 is 0 Å². The Bertz CT molecular complexity index is 527. The van der Waals surface area contributed by atoms with Gasteiger partial charge >= 0.3 is 0 Å². The Balaban J connectivity index is 1.57. The van der Waals surface area contributed by atoms with Crippen LogP contribution in [-0.4, -0.2) is 54.6 Å². The molecule has 1 spiro atoms. The molecule has 0 bridgehead atoms. The first-order chi connectivity index (χ1) is 11.0. The van der Waals surface area contributed by atoms with E-state index in [9.17, 15) is 9.50 Å². The van der Waals surface area contributed by atoms with Crippen molar-refractivity contribution in [3.8, 4) is 0 Å². The molecular weight excluding hydrogens is 297 g/mol. The minimum atomic E-state index is -0.766. The predicted octanol–water partition coefficient (Wildman–Crippen LogP) is 2.35. The van der Waals surface area contributed by atoms with Crippen molar-refractivity contribution in [3.05, 3.63) is 35.6 Å². The first-order valence-corrected chi connectivity index (χ1v) is 8.35. The predicted molar refractivity (Wildman–Crippen MR) is 85.7 cm³/mol. The molecule has 4 nitrogen and oxygen atoms in total. The Morgan fingerprint density at radius 3 is 2.78 bits per heavy atom. The molecule has 0 aromatic heterocycles. The number of aliphatic hydroxyl groups is 1. The topological polar surface area (TPSA) is 41.9 Å². The van der Waals surface area contributed by atoms with Gasteiger partial charge in [-0.2, -0.15) is 0 Å². The van der Waals surface area contributed by atoms with E-state index in [4.69, 9.17) is 9.47 Å². The van der Waals surface area contributed by atoms with E-state index in [-0.39, 0.29) is 11.4 Å². The van der Waals surface area contributed by atoms with Gasteiger partial charge in [0.1, 0.15) is 5.82 Å². The summed E-state index contributed by atoms with van der Waals surface area (Å²) in [6, 6.07) is 6.78. The number of rotatable bonds is 4. The van der Waals surface area contributed by atoms with Crippen LogP contribution in [-0.2, 0) is 16.0 Å². The number of piperidine rings is 1. The highest BCUT2D eigenvalue weighted by Gasteiger charge is 2.46. The highest BCUT2D eigenvalue weighted by molar-refractivity contribution is 5.16. The molecule has 2 aliphatic heterocycles. The summed E-state index contributed by atoms with van der Waals surface area (Å²) in [5, 5.41) is 10.7. The van der Waals surface area contributed by atoms with Crippen LogP contribution in [0.5, 0.6) is 0 Å². The highest BCUT2D eigenvalue weighted by Crippen LogP contribution is 2.39. The molecule has 1 N–H and O–H groups in total. The SMILES string of the molecule is COCC1(O)CCOC2(CCN(Cc3cccc(F)c3)CC2)C1. The lowest BCUT2D eigenvalue weighted by Gasteiger charge is -2.49. The van der Waals surface area contributed by atoms with Crippen LogP contribution in [0.25, 0.3) is 0 Å². The molecule has 2 aliphatic rings. The van der Waals surface area contributed by atoms with Crippen molar-refractivity contribution in [3.63, 3.8) is 0 Å². The first kappa shape index (κ1) is 16.8. The quantitative estimate of drug-likeness (QED) is 0.923. The molecule has 2 fully saturated rings. The van der Waals surface area contributed by atoms with Gasteiger partial charge in [0.05, 0.1) is 24.4 Å². The molecule has 2 heterocycles. The van der Waals surface area contributed by atoms with Gasteiger partial charge in [-0.1, -0.05) is 12.1 Å². The molecule has 3 rings (SSSR count). The van der Waals surface area contributed by atoms with Gasteiger partial charge in [-0.3, -0.25) is 4.90 Å². The van der Waals surface area contributed by atoms with Crippen LogP contribution in [0.1, 0.15) is 31.2 Å². The van der Waals surface area contributed by atoms with E-state index in [0.717, 1.165) is 38.0 Å². The largest absolute Gasteiger partial charge is 0.387 e. The van der Waals surface area contributed by atoms with Gasteiger partial charge in [-0.05, 0) is 30.5 Å². The van der Waals surface area contributed by atoms with Crippen LogP contribution in [0.4, 0.5) is 4.39 Å². The average Bonchev–Trinajstić information content (AvgIpc) is 2.50. The van der Waals surface area contributed by atoms with Crippen molar-refractivity contribution >= 4 is 0 Å². The number of hydrogen-bond donors (Lipinski definition) is 1. The summed E-state index contributed by atoms with van der Waals surface area (Å²) in [7, 11) is 1.63. The number of nitrogens with zero attached hydrogens (tertiary/aromatic N) is 1. The van der Waals surface area contributed by atoms with E-state index in [1.165, 1.54) is 6.07 Å². The Labute approximate surface area is 137 Å². The maximum absolute atomic E-state index is 13.3. The monoisotopic (exact) mass is 323 g/mol. The zero-order valence-corrected chi connectivity index (χ0v) is 13.8. The summed E-state index contributed by atoms with van der Waals surface area (Å²) in [5.74, 6) is -0.184. The number of ether oxygens (including phenoxy) is 2. The summed E-state index contributed by atoms with van der Waals surface area (Å²) in [6.45, 7) is 3.52. The molecule has 1 aromatic rings. The standard InChI is InChI=1S/C18H26FNO3/c1-22-14-17(21)7-10-23-18(13-17)5-8-20(9-6-18)12-15-3-2-4-16(19)11-15/h2-4,11,21H,5-10,12-14H2,1H3. The summed E-state index contributed by atoms with van der Waals surface area (Å²) in [4.78, 5) is 2.33. The lowest BCUT2D eigenvalue weighted by atomic mass is 9.77. The fraction of sp³-hybridized carbons (Fsp3) is 0.667. The number of methoxy groups -OCH3 is 1.